The molecule has 0 fully saturated rings. The van der Waals surface area contributed by atoms with Gasteiger partial charge in [0.25, 0.3) is 5.91 Å². The number of carbonyl (C=O) groups excluding carboxylic acids is 1. The normalized spacial score (nSPS) is 10.9. The Bertz CT molecular complexity index is 638. The van der Waals surface area contributed by atoms with E-state index in [9.17, 15) is 4.79 Å². The van der Waals surface area contributed by atoms with Crippen molar-refractivity contribution in [1.82, 2.24) is 15.2 Å². The fourth-order valence-electron chi connectivity index (χ4n) is 1.83. The van der Waals surface area contributed by atoms with Crippen LogP contribution in [0, 0.1) is 5.92 Å². The lowest BCUT2D eigenvalue weighted by molar-refractivity contribution is 0.102. The number of amides is 1. The summed E-state index contributed by atoms with van der Waals surface area (Å²) in [5.74, 6) is 0.608. The van der Waals surface area contributed by atoms with E-state index < -0.39 is 0 Å². The number of nitrogen functional groups attached to an aromatic ring is 1. The van der Waals surface area contributed by atoms with Crippen molar-refractivity contribution in [3.63, 3.8) is 0 Å². The molecule has 21 heavy (non-hydrogen) atoms. The lowest BCUT2D eigenvalue weighted by Gasteiger charge is -2.04. The summed E-state index contributed by atoms with van der Waals surface area (Å²) in [7, 11) is 0. The highest BCUT2D eigenvalue weighted by atomic mass is 32.1. The van der Waals surface area contributed by atoms with Crippen LogP contribution in [0.5, 0.6) is 0 Å². The molecule has 0 unspecified atom stereocenters. The number of anilines is 2. The number of nitrogens with one attached hydrogen (secondary N) is 1. The van der Waals surface area contributed by atoms with Crippen molar-refractivity contribution in [2.75, 3.05) is 11.1 Å². The van der Waals surface area contributed by atoms with Gasteiger partial charge in [0.1, 0.15) is 10.8 Å². The van der Waals surface area contributed by atoms with E-state index in [1.807, 2.05) is 6.92 Å². The minimum absolute atomic E-state index is 0.244. The molecule has 1 amide bonds. The highest BCUT2D eigenvalue weighted by Gasteiger charge is 2.12. The topological polar surface area (TPSA) is 93.8 Å². The number of pyridine rings is 1. The van der Waals surface area contributed by atoms with Crippen molar-refractivity contribution in [1.29, 1.82) is 0 Å². The molecule has 0 bridgehead atoms. The predicted octanol–water partition coefficient (Wildman–Crippen LogP) is 2.53. The standard InChI is InChI=1S/C14H19N5OS/c1-4-10-6-9(7-11(15)16-10)13(20)17-14-19-18-12(21-14)5-8(2)3/h6-8H,4-5H2,1-3H3,(H2,15,16)(H,17,19,20). The van der Waals surface area contributed by atoms with Gasteiger partial charge in [-0.25, -0.2) is 4.98 Å². The third-order valence-corrected chi connectivity index (χ3v) is 3.65. The molecule has 0 aliphatic heterocycles. The molecular weight excluding hydrogens is 286 g/mol. The minimum Gasteiger partial charge on any atom is -0.384 e. The zero-order chi connectivity index (χ0) is 15.4. The van der Waals surface area contributed by atoms with E-state index in [1.165, 1.54) is 11.3 Å². The summed E-state index contributed by atoms with van der Waals surface area (Å²) < 4.78 is 0. The average molecular weight is 305 g/mol. The smallest absolute Gasteiger partial charge is 0.257 e. The zero-order valence-corrected chi connectivity index (χ0v) is 13.2. The second-order valence-electron chi connectivity index (χ2n) is 5.18. The molecule has 2 aromatic rings. The van der Waals surface area contributed by atoms with Gasteiger partial charge in [-0.3, -0.25) is 10.1 Å². The largest absolute Gasteiger partial charge is 0.384 e. The first-order valence-corrected chi connectivity index (χ1v) is 7.69. The van der Waals surface area contributed by atoms with E-state index in [0.717, 1.165) is 23.5 Å². The maximum absolute atomic E-state index is 12.2. The molecule has 2 rings (SSSR count). The Morgan fingerprint density at radius 1 is 1.38 bits per heavy atom. The zero-order valence-electron chi connectivity index (χ0n) is 12.4. The van der Waals surface area contributed by atoms with E-state index in [0.29, 0.717) is 22.4 Å². The molecule has 2 heterocycles. The van der Waals surface area contributed by atoms with Crippen LogP contribution < -0.4 is 11.1 Å². The van der Waals surface area contributed by atoms with Crippen LogP contribution in [0.3, 0.4) is 0 Å². The van der Waals surface area contributed by atoms with Gasteiger partial charge in [-0.2, -0.15) is 0 Å². The van der Waals surface area contributed by atoms with E-state index in [1.54, 1.807) is 12.1 Å². The van der Waals surface area contributed by atoms with Crippen LogP contribution in [0.4, 0.5) is 10.9 Å². The van der Waals surface area contributed by atoms with Gasteiger partial charge < -0.3 is 5.73 Å². The maximum Gasteiger partial charge on any atom is 0.257 e. The summed E-state index contributed by atoms with van der Waals surface area (Å²) >= 11 is 1.40. The Morgan fingerprint density at radius 3 is 2.81 bits per heavy atom. The molecule has 0 saturated heterocycles. The first-order chi connectivity index (χ1) is 9.97. The molecule has 0 aliphatic rings. The monoisotopic (exact) mass is 305 g/mol. The van der Waals surface area contributed by atoms with Crippen molar-refractivity contribution in [2.24, 2.45) is 5.92 Å². The van der Waals surface area contributed by atoms with Crippen LogP contribution in [-0.4, -0.2) is 21.1 Å². The number of hydrogen-bond donors (Lipinski definition) is 2. The number of aromatic nitrogens is 3. The number of carbonyl (C=O) groups is 1. The summed E-state index contributed by atoms with van der Waals surface area (Å²) in [5, 5.41) is 12.2. The average Bonchev–Trinajstić information content (AvgIpc) is 2.84. The van der Waals surface area contributed by atoms with Gasteiger partial charge in [0, 0.05) is 17.7 Å². The van der Waals surface area contributed by atoms with E-state index in [2.05, 4.69) is 34.3 Å². The molecular formula is C14H19N5OS. The molecule has 0 aromatic carbocycles. The Morgan fingerprint density at radius 2 is 2.14 bits per heavy atom. The highest BCUT2D eigenvalue weighted by Crippen LogP contribution is 2.19. The first-order valence-electron chi connectivity index (χ1n) is 6.88. The van der Waals surface area contributed by atoms with Crippen molar-refractivity contribution in [3.05, 3.63) is 28.4 Å². The van der Waals surface area contributed by atoms with Crippen LogP contribution >= 0.6 is 11.3 Å². The highest BCUT2D eigenvalue weighted by molar-refractivity contribution is 7.15. The third kappa shape index (κ3) is 4.22. The van der Waals surface area contributed by atoms with Gasteiger partial charge in [-0.15, -0.1) is 10.2 Å². The summed E-state index contributed by atoms with van der Waals surface area (Å²) in [6.45, 7) is 6.20. The quantitative estimate of drug-likeness (QED) is 0.885. The molecule has 112 valence electrons. The molecule has 2 aromatic heterocycles. The maximum atomic E-state index is 12.2. The summed E-state index contributed by atoms with van der Waals surface area (Å²) in [5.41, 5.74) is 6.98. The van der Waals surface area contributed by atoms with Gasteiger partial charge in [-0.05, 0) is 24.5 Å². The summed E-state index contributed by atoms with van der Waals surface area (Å²) in [6.07, 6.45) is 1.58. The van der Waals surface area contributed by atoms with E-state index in [4.69, 9.17) is 5.73 Å². The van der Waals surface area contributed by atoms with Crippen LogP contribution in [0.15, 0.2) is 12.1 Å². The SMILES string of the molecule is CCc1cc(C(=O)Nc2nnc(CC(C)C)s2)cc(N)n1. The fourth-order valence-corrected chi connectivity index (χ4v) is 2.78. The minimum atomic E-state index is -0.244. The van der Waals surface area contributed by atoms with Crippen molar-refractivity contribution < 1.29 is 4.79 Å². The summed E-state index contributed by atoms with van der Waals surface area (Å²) in [6, 6.07) is 3.30. The molecule has 0 atom stereocenters. The van der Waals surface area contributed by atoms with E-state index >= 15 is 0 Å². The van der Waals surface area contributed by atoms with Crippen LogP contribution in [0.25, 0.3) is 0 Å². The lowest BCUT2D eigenvalue weighted by atomic mass is 10.1. The molecule has 0 saturated carbocycles. The van der Waals surface area contributed by atoms with E-state index in [-0.39, 0.29) is 5.91 Å². The van der Waals surface area contributed by atoms with Crippen LogP contribution in [0.2, 0.25) is 0 Å². The third-order valence-electron chi connectivity index (χ3n) is 2.79. The number of aryl methyl sites for hydroxylation is 1. The summed E-state index contributed by atoms with van der Waals surface area (Å²) in [4.78, 5) is 16.4. The molecule has 0 aliphatic carbocycles. The van der Waals surface area contributed by atoms with Gasteiger partial charge in [0.05, 0.1) is 0 Å². The van der Waals surface area contributed by atoms with Gasteiger partial charge in [0.2, 0.25) is 5.13 Å². The first kappa shape index (κ1) is 15.4. The fraction of sp³-hybridized carbons (Fsp3) is 0.429. The van der Waals surface area contributed by atoms with Gasteiger partial charge in [-0.1, -0.05) is 32.1 Å². The van der Waals surface area contributed by atoms with Crippen LogP contribution in [-0.2, 0) is 12.8 Å². The Balaban J connectivity index is 2.10. The number of nitrogens with zero attached hydrogens (tertiary/aromatic N) is 3. The van der Waals surface area contributed by atoms with Crippen molar-refractivity contribution in [2.45, 2.75) is 33.6 Å². The number of nitrogens with two attached hydrogens (primary N) is 1. The van der Waals surface area contributed by atoms with Crippen molar-refractivity contribution in [3.8, 4) is 0 Å². The molecule has 7 heteroatoms. The second-order valence-corrected chi connectivity index (χ2v) is 6.24. The molecule has 0 spiro atoms. The second kappa shape index (κ2) is 6.62. The Labute approximate surface area is 127 Å². The molecule has 3 N–H and O–H groups in total. The molecule has 6 nitrogen and oxygen atoms in total. The Hall–Kier alpha value is -2.02. The lowest BCUT2D eigenvalue weighted by Crippen LogP contribution is -2.13. The van der Waals surface area contributed by atoms with Crippen LogP contribution in [0.1, 0.15) is 41.8 Å². The van der Waals surface area contributed by atoms with Crippen molar-refractivity contribution >= 4 is 28.2 Å². The predicted molar refractivity (Wildman–Crippen MR) is 84.4 cm³/mol. The number of rotatable bonds is 5. The molecule has 0 radical (unpaired) electrons. The van der Waals surface area contributed by atoms with Gasteiger partial charge in [0.15, 0.2) is 0 Å². The van der Waals surface area contributed by atoms with Gasteiger partial charge >= 0.3 is 0 Å². The number of hydrogen-bond acceptors (Lipinski definition) is 6. The Kier molecular flexibility index (Phi) is 4.85.